The van der Waals surface area contributed by atoms with Gasteiger partial charge in [-0.15, -0.1) is 0 Å². The van der Waals surface area contributed by atoms with Gasteiger partial charge >= 0.3 is 5.97 Å². The molecule has 0 radical (unpaired) electrons. The van der Waals surface area contributed by atoms with E-state index < -0.39 is 12.1 Å². The maximum atomic E-state index is 10.9. The van der Waals surface area contributed by atoms with Crippen molar-refractivity contribution in [3.05, 3.63) is 12.2 Å². The molecule has 0 aromatic rings. The van der Waals surface area contributed by atoms with Gasteiger partial charge in [0.05, 0.1) is 6.61 Å². The van der Waals surface area contributed by atoms with Crippen molar-refractivity contribution >= 4 is 5.97 Å². The fourth-order valence-corrected chi connectivity index (χ4v) is 0.702. The molecule has 2 N–H and O–H groups in total. The van der Waals surface area contributed by atoms with Crippen LogP contribution in [-0.2, 0) is 9.53 Å². The summed E-state index contributed by atoms with van der Waals surface area (Å²) < 4.78 is 4.49. The van der Waals surface area contributed by atoms with Crippen molar-refractivity contribution in [3.8, 4) is 0 Å². The molecule has 4 heteroatoms. The molecule has 1 atom stereocenters. The van der Waals surface area contributed by atoms with E-state index in [1.165, 1.54) is 6.08 Å². The van der Waals surface area contributed by atoms with Gasteiger partial charge in [0.2, 0.25) is 0 Å². The molecule has 0 spiro atoms. The third kappa shape index (κ3) is 6.31. The molecule has 0 aromatic carbocycles. The number of ether oxygens (including phenoxy) is 1. The van der Waals surface area contributed by atoms with Gasteiger partial charge < -0.3 is 14.9 Å². The Morgan fingerprint density at radius 1 is 1.62 bits per heavy atom. The molecule has 0 saturated carbocycles. The second-order valence-corrected chi connectivity index (χ2v) is 2.55. The van der Waals surface area contributed by atoms with Crippen molar-refractivity contribution in [2.45, 2.75) is 25.9 Å². The molecule has 1 unspecified atom stereocenters. The van der Waals surface area contributed by atoms with E-state index in [1.54, 1.807) is 6.08 Å². The lowest BCUT2D eigenvalue weighted by molar-refractivity contribution is -0.151. The highest BCUT2D eigenvalue weighted by molar-refractivity contribution is 5.76. The number of carbonyl (C=O) groups is 1. The van der Waals surface area contributed by atoms with Gasteiger partial charge in [-0.05, 0) is 12.5 Å². The van der Waals surface area contributed by atoms with Crippen molar-refractivity contribution < 1.29 is 19.7 Å². The Bertz CT molecular complexity index is 165. The Morgan fingerprint density at radius 2 is 2.31 bits per heavy atom. The Balaban J connectivity index is 3.68. The monoisotopic (exact) mass is 188 g/mol. The van der Waals surface area contributed by atoms with Gasteiger partial charge in [-0.1, -0.05) is 19.4 Å². The van der Waals surface area contributed by atoms with Crippen LogP contribution in [0, 0.1) is 0 Å². The highest BCUT2D eigenvalue weighted by Crippen LogP contribution is 1.94. The van der Waals surface area contributed by atoms with E-state index in [4.69, 9.17) is 10.2 Å². The van der Waals surface area contributed by atoms with Crippen molar-refractivity contribution in [3.63, 3.8) is 0 Å². The highest BCUT2D eigenvalue weighted by Gasteiger charge is 2.11. The first kappa shape index (κ1) is 12.1. The summed E-state index contributed by atoms with van der Waals surface area (Å²) in [5.74, 6) is -0.721. The molecule has 0 aliphatic heterocycles. The summed E-state index contributed by atoms with van der Waals surface area (Å²) in [6.45, 7) is 1.70. The average Bonchev–Trinajstić information content (AvgIpc) is 2.14. The maximum absolute atomic E-state index is 10.9. The fraction of sp³-hybridized carbons (Fsp3) is 0.667. The largest absolute Gasteiger partial charge is 0.461 e. The first-order valence-electron chi connectivity index (χ1n) is 4.34. The predicted molar refractivity (Wildman–Crippen MR) is 48.1 cm³/mol. The number of hydrogen-bond acceptors (Lipinski definition) is 4. The van der Waals surface area contributed by atoms with Gasteiger partial charge in [0.1, 0.15) is 6.61 Å². The molecule has 0 aliphatic carbocycles. The maximum Gasteiger partial charge on any atom is 0.339 e. The zero-order valence-corrected chi connectivity index (χ0v) is 7.77. The molecule has 0 bridgehead atoms. The van der Waals surface area contributed by atoms with Gasteiger partial charge in [0, 0.05) is 0 Å². The molecule has 0 saturated heterocycles. The predicted octanol–water partition coefficient (Wildman–Crippen LogP) is 0.239. The van der Waals surface area contributed by atoms with Gasteiger partial charge in [-0.3, -0.25) is 0 Å². The zero-order valence-electron chi connectivity index (χ0n) is 7.77. The lowest BCUT2D eigenvalue weighted by Gasteiger charge is -2.04. The van der Waals surface area contributed by atoms with Crippen LogP contribution in [0.3, 0.4) is 0 Å². The number of esters is 1. The summed E-state index contributed by atoms with van der Waals surface area (Å²) in [4.78, 5) is 10.9. The number of allylic oxidation sites excluding steroid dienone is 1. The van der Waals surface area contributed by atoms with Crippen LogP contribution in [0.25, 0.3) is 0 Å². The minimum Gasteiger partial charge on any atom is -0.461 e. The van der Waals surface area contributed by atoms with Gasteiger partial charge in [0.25, 0.3) is 0 Å². The zero-order chi connectivity index (χ0) is 10.1. The Hall–Kier alpha value is -0.870. The van der Waals surface area contributed by atoms with E-state index in [2.05, 4.69) is 4.74 Å². The van der Waals surface area contributed by atoms with Crippen molar-refractivity contribution in [2.24, 2.45) is 0 Å². The topological polar surface area (TPSA) is 66.8 Å². The van der Waals surface area contributed by atoms with Crippen LogP contribution in [0.5, 0.6) is 0 Å². The minimum absolute atomic E-state index is 0.0719. The smallest absolute Gasteiger partial charge is 0.339 e. The molecular weight excluding hydrogens is 172 g/mol. The summed E-state index contributed by atoms with van der Waals surface area (Å²) in [6, 6.07) is 0. The molecule has 0 amide bonds. The number of rotatable bonds is 6. The lowest BCUT2D eigenvalue weighted by Crippen LogP contribution is -2.22. The van der Waals surface area contributed by atoms with Crippen molar-refractivity contribution in [2.75, 3.05) is 13.2 Å². The average molecular weight is 188 g/mol. The molecule has 4 nitrogen and oxygen atoms in total. The first-order valence-corrected chi connectivity index (χ1v) is 4.34. The third-order valence-corrected chi connectivity index (χ3v) is 1.35. The second kappa shape index (κ2) is 7.76. The van der Waals surface area contributed by atoms with Crippen LogP contribution in [0.4, 0.5) is 0 Å². The molecule has 0 aromatic heterocycles. The number of hydrogen-bond donors (Lipinski definition) is 2. The highest BCUT2D eigenvalue weighted by atomic mass is 16.6. The molecule has 0 heterocycles. The van der Waals surface area contributed by atoms with E-state index >= 15 is 0 Å². The van der Waals surface area contributed by atoms with Crippen LogP contribution in [0.2, 0.25) is 0 Å². The summed E-state index contributed by atoms with van der Waals surface area (Å²) in [5, 5.41) is 17.5. The summed E-state index contributed by atoms with van der Waals surface area (Å²) in [7, 11) is 0. The molecular formula is C9H16O4. The quantitative estimate of drug-likeness (QED) is 0.463. The van der Waals surface area contributed by atoms with Crippen LogP contribution in [0.15, 0.2) is 12.2 Å². The SMILES string of the molecule is CCCC=CC(O)C(=O)OCCO. The fourth-order valence-electron chi connectivity index (χ4n) is 0.702. The van der Waals surface area contributed by atoms with Crippen LogP contribution >= 0.6 is 0 Å². The normalized spacial score (nSPS) is 13.2. The Kier molecular flexibility index (Phi) is 7.24. The van der Waals surface area contributed by atoms with E-state index in [0.717, 1.165) is 12.8 Å². The van der Waals surface area contributed by atoms with E-state index in [1.807, 2.05) is 6.92 Å². The van der Waals surface area contributed by atoms with E-state index in [-0.39, 0.29) is 13.2 Å². The number of aliphatic hydroxyl groups excluding tert-OH is 2. The summed E-state index contributed by atoms with van der Waals surface area (Å²) in [6.07, 6.45) is 3.70. The minimum atomic E-state index is -1.21. The first-order chi connectivity index (χ1) is 6.22. The van der Waals surface area contributed by atoms with Gasteiger partial charge in [-0.25, -0.2) is 4.79 Å². The Labute approximate surface area is 77.8 Å². The van der Waals surface area contributed by atoms with E-state index in [9.17, 15) is 4.79 Å². The number of unbranched alkanes of at least 4 members (excludes halogenated alkanes) is 1. The van der Waals surface area contributed by atoms with Gasteiger partial charge in [-0.2, -0.15) is 0 Å². The van der Waals surface area contributed by atoms with Crippen LogP contribution in [-0.4, -0.2) is 35.5 Å². The van der Waals surface area contributed by atoms with Crippen LogP contribution in [0.1, 0.15) is 19.8 Å². The molecule has 0 aliphatic rings. The van der Waals surface area contributed by atoms with Crippen molar-refractivity contribution in [1.82, 2.24) is 0 Å². The summed E-state index contributed by atoms with van der Waals surface area (Å²) in [5.41, 5.74) is 0. The van der Waals surface area contributed by atoms with Crippen molar-refractivity contribution in [1.29, 1.82) is 0 Å². The summed E-state index contributed by atoms with van der Waals surface area (Å²) >= 11 is 0. The van der Waals surface area contributed by atoms with E-state index in [0.29, 0.717) is 0 Å². The molecule has 0 fully saturated rings. The molecule has 13 heavy (non-hydrogen) atoms. The molecule has 76 valence electrons. The Morgan fingerprint density at radius 3 is 2.85 bits per heavy atom. The van der Waals surface area contributed by atoms with Crippen LogP contribution < -0.4 is 0 Å². The molecule has 0 rings (SSSR count). The number of aliphatic hydroxyl groups is 2. The second-order valence-electron chi connectivity index (χ2n) is 2.55. The standard InChI is InChI=1S/C9H16O4/c1-2-3-4-5-8(11)9(12)13-7-6-10/h4-5,8,10-11H,2-3,6-7H2,1H3. The lowest BCUT2D eigenvalue weighted by atomic mass is 10.2. The number of carbonyl (C=O) groups excluding carboxylic acids is 1. The van der Waals surface area contributed by atoms with Gasteiger partial charge in [0.15, 0.2) is 6.10 Å². The third-order valence-electron chi connectivity index (χ3n) is 1.35.